The number of morpholine rings is 1. The minimum Gasteiger partial charge on any atom is -0.486 e. The highest BCUT2D eigenvalue weighted by Gasteiger charge is 2.14. The zero-order valence-corrected chi connectivity index (χ0v) is 17.1. The quantitative estimate of drug-likeness (QED) is 0.558. The molecular formula is C21H23Cl2N3O2. The summed E-state index contributed by atoms with van der Waals surface area (Å²) >= 11 is 12.1. The Labute approximate surface area is 174 Å². The molecule has 0 aliphatic carbocycles. The largest absolute Gasteiger partial charge is 0.486 e. The molecule has 7 heteroatoms. The van der Waals surface area contributed by atoms with Gasteiger partial charge in [-0.3, -0.25) is 4.90 Å². The number of hydrogen-bond donors (Lipinski definition) is 0. The van der Waals surface area contributed by atoms with Crippen molar-refractivity contribution in [3.63, 3.8) is 0 Å². The second kappa shape index (κ2) is 9.14. The maximum absolute atomic E-state index is 6.16. The summed E-state index contributed by atoms with van der Waals surface area (Å²) in [6.45, 7) is 5.99. The lowest BCUT2D eigenvalue weighted by molar-refractivity contribution is 0.0369. The first-order chi connectivity index (χ1) is 13.7. The van der Waals surface area contributed by atoms with E-state index in [9.17, 15) is 0 Å². The number of benzene rings is 2. The van der Waals surface area contributed by atoms with E-state index in [2.05, 4.69) is 9.47 Å². The van der Waals surface area contributed by atoms with Crippen LogP contribution < -0.4 is 4.74 Å². The van der Waals surface area contributed by atoms with Gasteiger partial charge in [0.25, 0.3) is 0 Å². The topological polar surface area (TPSA) is 39.5 Å². The molecule has 2 heterocycles. The minimum absolute atomic E-state index is 0.394. The SMILES string of the molecule is Clc1ccc(OCc2nc3cc(Cl)ccc3n2CCCN2CCOCC2)cc1. The zero-order chi connectivity index (χ0) is 19.3. The number of aromatic nitrogens is 2. The van der Waals surface area contributed by atoms with Crippen LogP contribution in [0, 0.1) is 0 Å². The number of hydrogen-bond acceptors (Lipinski definition) is 4. The minimum atomic E-state index is 0.394. The van der Waals surface area contributed by atoms with Gasteiger partial charge in [0.2, 0.25) is 0 Å². The number of nitrogens with zero attached hydrogens (tertiary/aromatic N) is 3. The summed E-state index contributed by atoms with van der Waals surface area (Å²) in [5, 5.41) is 1.38. The van der Waals surface area contributed by atoms with Crippen molar-refractivity contribution in [1.29, 1.82) is 0 Å². The third-order valence-electron chi connectivity index (χ3n) is 4.93. The molecular weight excluding hydrogens is 397 g/mol. The van der Waals surface area contributed by atoms with Crippen LogP contribution in [0.25, 0.3) is 11.0 Å². The number of ether oxygens (including phenoxy) is 2. The molecule has 0 bridgehead atoms. The molecule has 0 atom stereocenters. The molecule has 148 valence electrons. The van der Waals surface area contributed by atoms with E-state index in [4.69, 9.17) is 37.7 Å². The highest BCUT2D eigenvalue weighted by Crippen LogP contribution is 2.23. The molecule has 5 nitrogen and oxygen atoms in total. The van der Waals surface area contributed by atoms with Gasteiger partial charge in [0, 0.05) is 36.2 Å². The van der Waals surface area contributed by atoms with Crippen molar-refractivity contribution in [1.82, 2.24) is 14.5 Å². The lowest BCUT2D eigenvalue weighted by Crippen LogP contribution is -2.37. The maximum Gasteiger partial charge on any atom is 0.147 e. The van der Waals surface area contributed by atoms with Crippen molar-refractivity contribution in [3.05, 3.63) is 58.3 Å². The Bertz CT molecular complexity index is 921. The van der Waals surface area contributed by atoms with Gasteiger partial charge in [-0.2, -0.15) is 0 Å². The van der Waals surface area contributed by atoms with Crippen LogP contribution in [0.3, 0.4) is 0 Å². The second-order valence-electron chi connectivity index (χ2n) is 6.86. The molecule has 0 amide bonds. The lowest BCUT2D eigenvalue weighted by Gasteiger charge is -2.26. The highest BCUT2D eigenvalue weighted by atomic mass is 35.5. The molecule has 1 saturated heterocycles. The van der Waals surface area contributed by atoms with E-state index in [0.717, 1.165) is 68.4 Å². The maximum atomic E-state index is 6.16. The predicted molar refractivity (Wildman–Crippen MR) is 112 cm³/mol. The van der Waals surface area contributed by atoms with Crippen LogP contribution in [-0.4, -0.2) is 47.3 Å². The molecule has 0 saturated carbocycles. The Kier molecular flexibility index (Phi) is 6.37. The van der Waals surface area contributed by atoms with Crippen LogP contribution in [0.4, 0.5) is 0 Å². The molecule has 28 heavy (non-hydrogen) atoms. The van der Waals surface area contributed by atoms with Gasteiger partial charge in [-0.05, 0) is 48.9 Å². The summed E-state index contributed by atoms with van der Waals surface area (Å²) in [6, 6.07) is 13.2. The fraction of sp³-hybridized carbons (Fsp3) is 0.381. The van der Waals surface area contributed by atoms with Gasteiger partial charge in [-0.15, -0.1) is 0 Å². The van der Waals surface area contributed by atoms with Crippen LogP contribution in [0.5, 0.6) is 5.75 Å². The van der Waals surface area contributed by atoms with Crippen molar-refractivity contribution in [3.8, 4) is 5.75 Å². The summed E-state index contributed by atoms with van der Waals surface area (Å²) in [5.74, 6) is 1.67. The Morgan fingerprint density at radius 1 is 0.964 bits per heavy atom. The molecule has 3 aromatic rings. The van der Waals surface area contributed by atoms with E-state index in [1.54, 1.807) is 0 Å². The van der Waals surface area contributed by atoms with E-state index in [1.165, 1.54) is 0 Å². The van der Waals surface area contributed by atoms with Crippen molar-refractivity contribution >= 4 is 34.2 Å². The third-order valence-corrected chi connectivity index (χ3v) is 5.42. The summed E-state index contributed by atoms with van der Waals surface area (Å²) in [5.41, 5.74) is 1.98. The van der Waals surface area contributed by atoms with Crippen molar-refractivity contribution in [2.45, 2.75) is 19.6 Å². The summed E-state index contributed by atoms with van der Waals surface area (Å²) in [7, 11) is 0. The average Bonchev–Trinajstić information content (AvgIpc) is 3.05. The first-order valence-corrected chi connectivity index (χ1v) is 10.3. The number of imidazole rings is 1. The predicted octanol–water partition coefficient (Wildman–Crippen LogP) is 4.64. The van der Waals surface area contributed by atoms with Gasteiger partial charge in [0.05, 0.1) is 24.2 Å². The fourth-order valence-corrected chi connectivity index (χ4v) is 3.76. The molecule has 1 aromatic heterocycles. The summed E-state index contributed by atoms with van der Waals surface area (Å²) in [6.07, 6.45) is 1.04. The van der Waals surface area contributed by atoms with Crippen LogP contribution in [0.15, 0.2) is 42.5 Å². The number of aryl methyl sites for hydroxylation is 1. The Hall–Kier alpha value is -1.79. The summed E-state index contributed by atoms with van der Waals surface area (Å²) < 4.78 is 13.6. The molecule has 0 unspecified atom stereocenters. The molecule has 1 fully saturated rings. The Balaban J connectivity index is 1.48. The average molecular weight is 420 g/mol. The first-order valence-electron chi connectivity index (χ1n) is 9.52. The number of halogens is 2. The van der Waals surface area contributed by atoms with Gasteiger partial charge in [0.1, 0.15) is 18.2 Å². The molecule has 0 spiro atoms. The molecule has 0 N–H and O–H groups in total. The molecule has 4 rings (SSSR count). The van der Waals surface area contributed by atoms with Gasteiger partial charge in [-0.1, -0.05) is 23.2 Å². The van der Waals surface area contributed by atoms with E-state index in [-0.39, 0.29) is 0 Å². The van der Waals surface area contributed by atoms with Crippen molar-refractivity contribution in [2.75, 3.05) is 32.8 Å². The van der Waals surface area contributed by atoms with E-state index >= 15 is 0 Å². The first kappa shape index (κ1) is 19.5. The van der Waals surface area contributed by atoms with Crippen molar-refractivity contribution < 1.29 is 9.47 Å². The van der Waals surface area contributed by atoms with Crippen molar-refractivity contribution in [2.24, 2.45) is 0 Å². The number of fused-ring (bicyclic) bond motifs is 1. The monoisotopic (exact) mass is 419 g/mol. The van der Waals surface area contributed by atoms with E-state index in [0.29, 0.717) is 16.7 Å². The van der Waals surface area contributed by atoms with Gasteiger partial charge in [0.15, 0.2) is 0 Å². The Morgan fingerprint density at radius 2 is 1.71 bits per heavy atom. The Morgan fingerprint density at radius 3 is 2.50 bits per heavy atom. The van der Waals surface area contributed by atoms with Gasteiger partial charge in [-0.25, -0.2) is 4.98 Å². The van der Waals surface area contributed by atoms with E-state index < -0.39 is 0 Å². The third kappa shape index (κ3) is 4.78. The van der Waals surface area contributed by atoms with Crippen LogP contribution in [0.2, 0.25) is 10.0 Å². The number of rotatable bonds is 7. The lowest BCUT2D eigenvalue weighted by atomic mass is 10.3. The molecule has 0 radical (unpaired) electrons. The van der Waals surface area contributed by atoms with E-state index in [1.807, 2.05) is 42.5 Å². The molecule has 2 aromatic carbocycles. The molecule has 1 aliphatic rings. The highest BCUT2D eigenvalue weighted by molar-refractivity contribution is 6.31. The van der Waals surface area contributed by atoms with Crippen LogP contribution in [-0.2, 0) is 17.9 Å². The molecule has 1 aliphatic heterocycles. The van der Waals surface area contributed by atoms with Gasteiger partial charge < -0.3 is 14.0 Å². The van der Waals surface area contributed by atoms with Crippen LogP contribution >= 0.6 is 23.2 Å². The second-order valence-corrected chi connectivity index (χ2v) is 7.74. The van der Waals surface area contributed by atoms with Gasteiger partial charge >= 0.3 is 0 Å². The standard InChI is InChI=1S/C21H23Cl2N3O2/c22-16-2-5-18(6-3-16)28-15-21-24-19-14-17(23)4-7-20(19)26(21)9-1-8-25-10-12-27-13-11-25/h2-7,14H,1,8-13,15H2. The summed E-state index contributed by atoms with van der Waals surface area (Å²) in [4.78, 5) is 7.21. The normalized spacial score (nSPS) is 15.2. The fourth-order valence-electron chi connectivity index (χ4n) is 3.47. The van der Waals surface area contributed by atoms with Crippen LogP contribution in [0.1, 0.15) is 12.2 Å². The zero-order valence-electron chi connectivity index (χ0n) is 15.6. The smallest absolute Gasteiger partial charge is 0.147 e.